The lowest BCUT2D eigenvalue weighted by atomic mass is 9.83. The molecule has 0 aromatic carbocycles. The Morgan fingerprint density at radius 2 is 0.422 bits per heavy atom. The molecule has 0 amide bonds. The first-order valence-electron chi connectivity index (χ1n) is 9.23. The summed E-state index contributed by atoms with van der Waals surface area (Å²) in [7, 11) is 0. The van der Waals surface area contributed by atoms with Crippen LogP contribution in [0.1, 0.15) is 0 Å². The van der Waals surface area contributed by atoms with E-state index in [9.17, 15) is 128 Å². The van der Waals surface area contributed by atoms with E-state index in [1.165, 1.54) is 0 Å². The fraction of sp³-hybridized carbons (Fsp3) is 0.867. The van der Waals surface area contributed by atoms with E-state index in [0.29, 0.717) is 0 Å². The van der Waals surface area contributed by atoms with Gasteiger partial charge in [-0.1, -0.05) is 0 Å². The van der Waals surface area contributed by atoms with Gasteiger partial charge in [0.2, 0.25) is 0 Å². The Labute approximate surface area is 223 Å². The second-order valence-electron chi connectivity index (χ2n) is 8.05. The number of aliphatic carboxylic acids is 1. The Bertz CT molecular complexity index is 1080. The number of hydrogen-bond acceptors (Lipinski definition) is 2. The van der Waals surface area contributed by atoms with Crippen LogP contribution in [0.4, 0.5) is 119 Å². The zero-order valence-electron chi connectivity index (χ0n) is 19.0. The molecule has 0 unspecified atom stereocenters. The van der Waals surface area contributed by atoms with Crippen LogP contribution in [0.5, 0.6) is 0 Å². The number of carboxylic acids is 1. The van der Waals surface area contributed by atoms with E-state index in [2.05, 4.69) is 0 Å². The first-order chi connectivity index (χ1) is 18.9. The van der Waals surface area contributed by atoms with Gasteiger partial charge >= 0.3 is 89.0 Å². The van der Waals surface area contributed by atoms with Crippen molar-refractivity contribution in [1.82, 2.24) is 0 Å². The van der Waals surface area contributed by atoms with Crippen LogP contribution >= 0.6 is 0 Å². The predicted molar refractivity (Wildman–Crippen MR) is 78.1 cm³/mol. The molecule has 0 heterocycles. The summed E-state index contributed by atoms with van der Waals surface area (Å²) < 4.78 is 359. The molecule has 45 heavy (non-hydrogen) atoms. The van der Waals surface area contributed by atoms with E-state index < -0.39 is 89.0 Å². The Balaban J connectivity index is 7.56. The Morgan fingerprint density at radius 1 is 0.289 bits per heavy atom. The summed E-state index contributed by atoms with van der Waals surface area (Å²) in [4.78, 5) is 19.6. The second-order valence-corrected chi connectivity index (χ2v) is 8.05. The van der Waals surface area contributed by atoms with Gasteiger partial charge in [0, 0.05) is 0 Å². The number of hydrogen-bond donors (Lipinski definition) is 1. The lowest BCUT2D eigenvalue weighted by Crippen LogP contribution is -2.79. The van der Waals surface area contributed by atoms with Crippen molar-refractivity contribution in [3.8, 4) is 0 Å². The number of carbonyl (C=O) groups is 2. The highest BCUT2D eigenvalue weighted by Crippen LogP contribution is 2.68. The van der Waals surface area contributed by atoms with Gasteiger partial charge in [-0.15, -0.1) is 0 Å². The average molecular weight is 742 g/mol. The number of halogens is 27. The number of alkyl halides is 26. The smallest absolute Gasteiger partial charge is 0.410 e. The minimum Gasteiger partial charge on any atom is -0.477 e. The van der Waals surface area contributed by atoms with Crippen LogP contribution in [0.2, 0.25) is 0 Å². The van der Waals surface area contributed by atoms with Crippen molar-refractivity contribution in [2.75, 3.05) is 0 Å². The third-order valence-corrected chi connectivity index (χ3v) is 5.25. The fourth-order valence-corrected chi connectivity index (χ4v) is 2.43. The first kappa shape index (κ1) is 42.2. The van der Waals surface area contributed by atoms with E-state index in [0.717, 1.165) is 0 Å². The number of carbonyl (C=O) groups excluding carboxylic acids is 1. The summed E-state index contributed by atoms with van der Waals surface area (Å²) in [5, 5.41) is 7.66. The van der Waals surface area contributed by atoms with Crippen LogP contribution in [-0.2, 0) is 9.59 Å². The van der Waals surface area contributed by atoms with E-state index in [1.807, 2.05) is 0 Å². The Kier molecular flexibility index (Phi) is 9.50. The summed E-state index contributed by atoms with van der Waals surface area (Å²) >= 11 is 0. The van der Waals surface area contributed by atoms with Crippen LogP contribution < -0.4 is 0 Å². The summed E-state index contributed by atoms with van der Waals surface area (Å²) in [6.07, 6.45) is 0. The van der Waals surface area contributed by atoms with Crippen molar-refractivity contribution in [2.45, 2.75) is 77.0 Å². The van der Waals surface area contributed by atoms with Crippen LogP contribution in [0.15, 0.2) is 0 Å². The summed E-state index contributed by atoms with van der Waals surface area (Å²) in [6.45, 7) is 0. The molecule has 0 saturated heterocycles. The Hall–Kier alpha value is -2.75. The molecule has 0 atom stereocenters. The van der Waals surface area contributed by atoms with Crippen molar-refractivity contribution < 1.29 is 133 Å². The van der Waals surface area contributed by atoms with Gasteiger partial charge in [-0.05, 0) is 0 Å². The first-order valence-corrected chi connectivity index (χ1v) is 9.23. The lowest BCUT2D eigenvalue weighted by Gasteiger charge is -2.46. The minimum atomic E-state index is -9.91. The monoisotopic (exact) mass is 742 g/mol. The van der Waals surface area contributed by atoms with Crippen molar-refractivity contribution in [2.24, 2.45) is 0 Å². The van der Waals surface area contributed by atoms with Gasteiger partial charge in [0.15, 0.2) is 0 Å². The molecule has 0 radical (unpaired) electrons. The molecule has 0 fully saturated rings. The van der Waals surface area contributed by atoms with E-state index in [4.69, 9.17) is 5.11 Å². The van der Waals surface area contributed by atoms with Gasteiger partial charge < -0.3 is 5.11 Å². The average Bonchev–Trinajstić information content (AvgIpc) is 2.81. The molecular formula is C15HF27O3. The summed E-state index contributed by atoms with van der Waals surface area (Å²) in [5.74, 6) is -125. The van der Waals surface area contributed by atoms with Gasteiger partial charge in [0.1, 0.15) is 0 Å². The maximum Gasteiger partial charge on any atom is 0.410 e. The summed E-state index contributed by atoms with van der Waals surface area (Å²) in [5.41, 5.74) is 0. The van der Waals surface area contributed by atoms with Gasteiger partial charge in [0.05, 0.1) is 0 Å². The van der Waals surface area contributed by atoms with Crippen LogP contribution in [0, 0.1) is 0 Å². The van der Waals surface area contributed by atoms with Crippen molar-refractivity contribution >= 4 is 12.0 Å². The van der Waals surface area contributed by atoms with Crippen LogP contribution in [0.25, 0.3) is 0 Å². The molecule has 3 nitrogen and oxygen atoms in total. The molecule has 1 N–H and O–H groups in total. The molecule has 0 aromatic heterocycles. The maximum absolute atomic E-state index is 13.6. The van der Waals surface area contributed by atoms with Crippen LogP contribution in [-0.4, -0.2) is 94.1 Å². The zero-order valence-corrected chi connectivity index (χ0v) is 19.0. The number of rotatable bonds is 14. The zero-order chi connectivity index (χ0) is 37.7. The fourth-order valence-electron chi connectivity index (χ4n) is 2.43. The molecule has 0 aliphatic rings. The van der Waals surface area contributed by atoms with Gasteiger partial charge in [-0.3, -0.25) is 4.79 Å². The third-order valence-electron chi connectivity index (χ3n) is 5.25. The number of carboxylic acid groups (broad SMARTS) is 1. The summed E-state index contributed by atoms with van der Waals surface area (Å²) in [6, 6.07) is -5.23. The molecule has 30 heteroatoms. The SMILES string of the molecule is O=C(O)C(F)(F)C(F)(F)C(F)(F)C(F)(F)C(F)(F)C(F)(F)C(F)(F)C(F)(F)C(F)(F)C(F)(F)C(F)(F)C(F)(F)C(F)(F)C(=O)F. The van der Waals surface area contributed by atoms with E-state index in [1.54, 1.807) is 0 Å². The van der Waals surface area contributed by atoms with Crippen molar-refractivity contribution in [1.29, 1.82) is 0 Å². The highest BCUT2D eigenvalue weighted by Gasteiger charge is 3.00. The minimum absolute atomic E-state index is 4.74. The van der Waals surface area contributed by atoms with Gasteiger partial charge in [0.25, 0.3) is 0 Å². The highest BCUT2D eigenvalue weighted by molar-refractivity contribution is 5.78. The topological polar surface area (TPSA) is 54.4 Å². The molecule has 0 bridgehead atoms. The molecule has 0 saturated carbocycles. The van der Waals surface area contributed by atoms with Crippen LogP contribution in [0.3, 0.4) is 0 Å². The Morgan fingerprint density at radius 3 is 0.556 bits per heavy atom. The highest BCUT2D eigenvalue weighted by atomic mass is 19.4. The maximum atomic E-state index is 13.6. The molecule has 0 spiro atoms. The molecule has 268 valence electrons. The normalized spacial score (nSPS) is 16.6. The molecule has 0 aliphatic carbocycles. The van der Waals surface area contributed by atoms with Crippen molar-refractivity contribution in [3.05, 3.63) is 0 Å². The third kappa shape index (κ3) is 4.62. The largest absolute Gasteiger partial charge is 0.477 e. The standard InChI is InChI=1S/C15HF27O3/c16-1(43)3(17,18)5(21,22)7(25,26)9(29,30)11(33,34)13(37,38)15(41,42)14(39,40)12(35,36)10(31,32)8(27,28)6(23,24)4(19,20)2(44)45/h(H,44,45). The van der Waals surface area contributed by atoms with Gasteiger partial charge in [-0.25, -0.2) is 4.79 Å². The lowest BCUT2D eigenvalue weighted by molar-refractivity contribution is -0.480. The molecule has 0 aliphatic heterocycles. The van der Waals surface area contributed by atoms with Gasteiger partial charge in [-0.2, -0.15) is 119 Å². The molecule has 0 rings (SSSR count). The van der Waals surface area contributed by atoms with Crippen molar-refractivity contribution in [3.63, 3.8) is 0 Å². The second kappa shape index (κ2) is 10.1. The van der Waals surface area contributed by atoms with E-state index in [-0.39, 0.29) is 0 Å². The van der Waals surface area contributed by atoms with E-state index >= 15 is 0 Å². The quantitative estimate of drug-likeness (QED) is 0.146. The molecule has 0 aromatic rings. The molecular weight excluding hydrogens is 741 g/mol. The predicted octanol–water partition coefficient (Wildman–Crippen LogP) is 7.83.